The molecule has 0 bridgehead atoms. The first-order valence-electron chi connectivity index (χ1n) is 36.0. The minimum atomic E-state index is -4.96. The van der Waals surface area contributed by atoms with Crippen LogP contribution in [0.2, 0.25) is 0 Å². The van der Waals surface area contributed by atoms with Gasteiger partial charge in [0.25, 0.3) is 0 Å². The minimum Gasteiger partial charge on any atom is -0.462 e. The summed E-state index contributed by atoms with van der Waals surface area (Å²) in [6, 6.07) is 0. The number of carbonyl (C=O) groups is 4. The lowest BCUT2D eigenvalue weighted by Crippen LogP contribution is -2.30. The smallest absolute Gasteiger partial charge is 0.462 e. The van der Waals surface area contributed by atoms with Crippen molar-refractivity contribution in [3.05, 3.63) is 24.3 Å². The van der Waals surface area contributed by atoms with E-state index >= 15 is 0 Å². The molecule has 2 unspecified atom stereocenters. The fourth-order valence-corrected chi connectivity index (χ4v) is 11.7. The van der Waals surface area contributed by atoms with Gasteiger partial charge in [-0.15, -0.1) is 0 Å². The van der Waals surface area contributed by atoms with Crippen LogP contribution < -0.4 is 0 Å². The molecule has 0 aliphatic heterocycles. The molecule has 3 N–H and O–H groups in total. The standard InChI is InChI=1S/C70H132O17P2/c1-6-9-12-15-18-21-23-25-26-27-29-36-41-46-51-56-70(75)87-66(60-81-68(73)54-49-44-39-34-31-30-33-37-42-47-52-63(4)5)62-85-89(78,79)83-58-64(71)57-82-88(76,77)84-61-65(59-80-67(72)53-48-43-38-32-20-17-14-11-8-3)86-69(74)55-50-45-40-35-28-24-22-19-16-13-10-7-2/h21,23,25-26,63-66,71H,6-20,22,24,27-62H2,1-5H3,(H,76,77)(H,78,79)/b23-21-,26-25-/t64-,65+,66+/m0/s1. The van der Waals surface area contributed by atoms with Gasteiger partial charge in [-0.05, 0) is 57.3 Å². The number of phosphoric acid groups is 2. The van der Waals surface area contributed by atoms with Crippen molar-refractivity contribution in [3.8, 4) is 0 Å². The van der Waals surface area contributed by atoms with Gasteiger partial charge in [0, 0.05) is 25.7 Å². The summed E-state index contributed by atoms with van der Waals surface area (Å²) in [7, 11) is -9.91. The van der Waals surface area contributed by atoms with E-state index in [4.69, 9.17) is 37.0 Å². The first kappa shape index (κ1) is 86.5. The molecule has 0 amide bonds. The van der Waals surface area contributed by atoms with Crippen molar-refractivity contribution in [2.24, 2.45) is 5.92 Å². The lowest BCUT2D eigenvalue weighted by Gasteiger charge is -2.21. The van der Waals surface area contributed by atoms with E-state index in [1.165, 1.54) is 148 Å². The highest BCUT2D eigenvalue weighted by atomic mass is 31.2. The van der Waals surface area contributed by atoms with E-state index in [1.807, 2.05) is 0 Å². The molecule has 0 rings (SSSR count). The summed E-state index contributed by atoms with van der Waals surface area (Å²) in [5, 5.41) is 10.6. The summed E-state index contributed by atoms with van der Waals surface area (Å²) >= 11 is 0. The number of ether oxygens (including phenoxy) is 4. The van der Waals surface area contributed by atoms with Gasteiger partial charge in [-0.25, -0.2) is 9.13 Å². The molecule has 0 saturated heterocycles. The first-order chi connectivity index (χ1) is 43.0. The Bertz CT molecular complexity index is 1810. The number of esters is 4. The van der Waals surface area contributed by atoms with Gasteiger partial charge in [-0.1, -0.05) is 284 Å². The number of phosphoric ester groups is 2. The van der Waals surface area contributed by atoms with Crippen LogP contribution in [0.4, 0.5) is 0 Å². The average Bonchev–Trinajstić information content (AvgIpc) is 3.55. The van der Waals surface area contributed by atoms with Crippen molar-refractivity contribution in [2.75, 3.05) is 39.6 Å². The topological polar surface area (TPSA) is 237 Å². The quantitative estimate of drug-likeness (QED) is 0.0169. The molecule has 17 nitrogen and oxygen atoms in total. The van der Waals surface area contributed by atoms with Crippen LogP contribution in [0.1, 0.15) is 336 Å². The predicted octanol–water partition coefficient (Wildman–Crippen LogP) is 19.7. The zero-order chi connectivity index (χ0) is 65.6. The van der Waals surface area contributed by atoms with Gasteiger partial charge in [0.05, 0.1) is 26.4 Å². The Hall–Kier alpha value is -2.46. The first-order valence-corrected chi connectivity index (χ1v) is 38.9. The minimum absolute atomic E-state index is 0.0850. The third-order valence-electron chi connectivity index (χ3n) is 15.7. The van der Waals surface area contributed by atoms with Crippen LogP contribution in [0.5, 0.6) is 0 Å². The molecule has 89 heavy (non-hydrogen) atoms. The lowest BCUT2D eigenvalue weighted by atomic mass is 10.0. The highest BCUT2D eigenvalue weighted by Crippen LogP contribution is 2.45. The van der Waals surface area contributed by atoms with E-state index in [0.717, 1.165) is 109 Å². The van der Waals surface area contributed by atoms with Crippen LogP contribution in [0.25, 0.3) is 0 Å². The third-order valence-corrected chi connectivity index (χ3v) is 17.6. The zero-order valence-corrected chi connectivity index (χ0v) is 58.8. The SMILES string of the molecule is CCCCCC/C=C\C=C/CCCCCCCC(=O)O[C@H](COC(=O)CCCCCCCCCCCCC(C)C)COP(=O)(O)OC[C@@H](O)COP(=O)(O)OC[C@@H](COC(=O)CCCCCCCCCCC)OC(=O)CCCCCCCCCCCCCC. The van der Waals surface area contributed by atoms with Crippen molar-refractivity contribution in [1.82, 2.24) is 0 Å². The van der Waals surface area contributed by atoms with Crippen LogP contribution in [0, 0.1) is 5.92 Å². The molecular weight excluding hydrogens is 1170 g/mol. The number of unbranched alkanes of at least 4 members (excludes halogenated alkanes) is 37. The maximum atomic E-state index is 13.0. The fourth-order valence-electron chi connectivity index (χ4n) is 10.1. The number of aliphatic hydroxyl groups excluding tert-OH is 1. The Kier molecular flexibility index (Phi) is 61.2. The Labute approximate surface area is 542 Å². The summed E-state index contributed by atoms with van der Waals surface area (Å²) < 4.78 is 68.2. The fraction of sp³-hybridized carbons (Fsp3) is 0.886. The number of carbonyl (C=O) groups excluding carboxylic acids is 4. The number of aliphatic hydroxyl groups is 1. The Balaban J connectivity index is 5.28. The van der Waals surface area contributed by atoms with Crippen molar-refractivity contribution in [3.63, 3.8) is 0 Å². The van der Waals surface area contributed by atoms with E-state index in [-0.39, 0.29) is 25.7 Å². The van der Waals surface area contributed by atoms with E-state index in [1.54, 1.807) is 0 Å². The number of hydrogen-bond donors (Lipinski definition) is 3. The van der Waals surface area contributed by atoms with Gasteiger partial charge < -0.3 is 33.8 Å². The number of allylic oxidation sites excluding steroid dienone is 4. The highest BCUT2D eigenvalue weighted by molar-refractivity contribution is 7.47. The van der Waals surface area contributed by atoms with Crippen LogP contribution >= 0.6 is 15.6 Å². The van der Waals surface area contributed by atoms with Crippen LogP contribution in [-0.2, 0) is 65.4 Å². The largest absolute Gasteiger partial charge is 0.472 e. The highest BCUT2D eigenvalue weighted by Gasteiger charge is 2.30. The van der Waals surface area contributed by atoms with Gasteiger partial charge in [-0.3, -0.25) is 37.3 Å². The molecule has 0 fully saturated rings. The molecule has 0 aromatic rings. The summed E-state index contributed by atoms with van der Waals surface area (Å²) in [6.45, 7) is 7.15. The zero-order valence-electron chi connectivity index (χ0n) is 57.0. The molecule has 0 heterocycles. The molecule has 0 aliphatic rings. The van der Waals surface area contributed by atoms with E-state index < -0.39 is 97.5 Å². The summed E-state index contributed by atoms with van der Waals surface area (Å²) in [6.07, 6.45) is 52.0. The summed E-state index contributed by atoms with van der Waals surface area (Å²) in [4.78, 5) is 72.5. The van der Waals surface area contributed by atoms with E-state index in [9.17, 15) is 43.2 Å². The van der Waals surface area contributed by atoms with Crippen LogP contribution in [0.15, 0.2) is 24.3 Å². The lowest BCUT2D eigenvalue weighted by molar-refractivity contribution is -0.161. The monoisotopic (exact) mass is 1310 g/mol. The van der Waals surface area contributed by atoms with E-state index in [2.05, 4.69) is 58.9 Å². The van der Waals surface area contributed by atoms with Crippen LogP contribution in [0.3, 0.4) is 0 Å². The number of rotatable bonds is 68. The Morgan fingerprint density at radius 3 is 0.921 bits per heavy atom. The second kappa shape index (κ2) is 63.0. The molecule has 0 aliphatic carbocycles. The third kappa shape index (κ3) is 64.1. The van der Waals surface area contributed by atoms with Gasteiger partial charge in [0.15, 0.2) is 12.2 Å². The van der Waals surface area contributed by atoms with Crippen molar-refractivity contribution >= 4 is 39.5 Å². The molecule has 524 valence electrons. The molecule has 0 radical (unpaired) electrons. The molecule has 5 atom stereocenters. The van der Waals surface area contributed by atoms with E-state index in [0.29, 0.717) is 25.7 Å². The molecule has 19 heteroatoms. The maximum absolute atomic E-state index is 13.0. The summed E-state index contributed by atoms with van der Waals surface area (Å²) in [5.74, 6) is -1.40. The summed E-state index contributed by atoms with van der Waals surface area (Å²) in [5.41, 5.74) is 0. The molecule has 0 saturated carbocycles. The van der Waals surface area contributed by atoms with Gasteiger partial charge in [0.2, 0.25) is 0 Å². The Morgan fingerprint density at radius 1 is 0.348 bits per heavy atom. The second-order valence-electron chi connectivity index (χ2n) is 25.1. The Morgan fingerprint density at radius 2 is 0.607 bits per heavy atom. The second-order valence-corrected chi connectivity index (χ2v) is 28.0. The van der Waals surface area contributed by atoms with Gasteiger partial charge >= 0.3 is 39.5 Å². The molecule has 0 aromatic carbocycles. The van der Waals surface area contributed by atoms with Crippen molar-refractivity contribution in [2.45, 2.75) is 355 Å². The van der Waals surface area contributed by atoms with Gasteiger partial charge in [0.1, 0.15) is 19.3 Å². The molecular formula is C70H132O17P2. The van der Waals surface area contributed by atoms with Gasteiger partial charge in [-0.2, -0.15) is 0 Å². The normalized spacial score (nSPS) is 14.3. The van der Waals surface area contributed by atoms with Crippen molar-refractivity contribution < 1.29 is 80.2 Å². The maximum Gasteiger partial charge on any atom is 0.472 e. The number of hydrogen-bond acceptors (Lipinski definition) is 15. The molecule has 0 spiro atoms. The van der Waals surface area contributed by atoms with Crippen molar-refractivity contribution in [1.29, 1.82) is 0 Å². The predicted molar refractivity (Wildman–Crippen MR) is 358 cm³/mol. The molecule has 0 aromatic heterocycles. The van der Waals surface area contributed by atoms with Crippen LogP contribution in [-0.4, -0.2) is 96.7 Å². The average molecular weight is 1310 g/mol.